The number of hydrogen-bond donors (Lipinski definition) is 0. The van der Waals surface area contributed by atoms with E-state index in [-0.39, 0.29) is 6.42 Å². The van der Waals surface area contributed by atoms with Gasteiger partial charge in [0.05, 0.1) is 6.07 Å². The molecule has 3 saturated heterocycles. The van der Waals surface area contributed by atoms with Gasteiger partial charge in [-0.25, -0.2) is 9.59 Å². The third-order valence-electron chi connectivity index (χ3n) is 3.91. The second-order valence-electron chi connectivity index (χ2n) is 5.08. The molecule has 0 saturated carbocycles. The summed E-state index contributed by atoms with van der Waals surface area (Å²) in [6.07, 6.45) is -2.98. The number of nitrogens with zero attached hydrogens (tertiary/aromatic N) is 1. The molecule has 3 aliphatic heterocycles. The first-order chi connectivity index (χ1) is 10.3. The molecule has 3 aliphatic rings. The van der Waals surface area contributed by atoms with Crippen molar-refractivity contribution in [3.8, 4) is 6.07 Å². The van der Waals surface area contributed by atoms with E-state index in [2.05, 4.69) is 11.3 Å². The number of fused-ring (bicyclic) bond motifs is 1. The molecule has 3 rings (SSSR count). The Morgan fingerprint density at radius 2 is 2.23 bits per heavy atom. The monoisotopic (exact) mass is 329 g/mol. The second kappa shape index (κ2) is 4.77. The fourth-order valence-electron chi connectivity index (χ4n) is 2.95. The van der Waals surface area contributed by atoms with Crippen LogP contribution < -0.4 is 0 Å². The van der Waals surface area contributed by atoms with Crippen LogP contribution in [0, 0.1) is 11.3 Å². The van der Waals surface area contributed by atoms with Gasteiger partial charge in [-0.3, -0.25) is 4.18 Å². The number of nitriles is 1. The molecule has 2 bridgehead atoms. The molecular formula is C12H11NO8S. The van der Waals surface area contributed by atoms with E-state index in [1.165, 1.54) is 0 Å². The summed E-state index contributed by atoms with van der Waals surface area (Å²) in [5, 5.41) is 9.18. The summed E-state index contributed by atoms with van der Waals surface area (Å²) in [6, 6.07) is 1.75. The Balaban J connectivity index is 1.70. The number of esters is 2. The quantitative estimate of drug-likeness (QED) is 0.354. The zero-order valence-electron chi connectivity index (χ0n) is 11.1. The highest BCUT2D eigenvalue weighted by atomic mass is 32.2. The van der Waals surface area contributed by atoms with Crippen molar-refractivity contribution in [2.45, 2.75) is 35.6 Å². The van der Waals surface area contributed by atoms with Crippen LogP contribution in [0.25, 0.3) is 0 Å². The molecule has 0 N–H and O–H groups in total. The summed E-state index contributed by atoms with van der Waals surface area (Å²) in [6.45, 7) is 2.54. The molecule has 0 radical (unpaired) electrons. The molecule has 5 unspecified atom stereocenters. The van der Waals surface area contributed by atoms with Crippen molar-refractivity contribution in [1.29, 1.82) is 5.26 Å². The van der Waals surface area contributed by atoms with E-state index in [1.807, 2.05) is 0 Å². The zero-order valence-corrected chi connectivity index (χ0v) is 11.9. The molecule has 0 spiro atoms. The molecule has 5 atom stereocenters. The minimum atomic E-state index is -4.12. The van der Waals surface area contributed by atoms with E-state index in [4.69, 9.17) is 13.7 Å². The van der Waals surface area contributed by atoms with Crippen LogP contribution in [0.5, 0.6) is 0 Å². The van der Waals surface area contributed by atoms with Gasteiger partial charge in [-0.05, 0) is 0 Å². The van der Waals surface area contributed by atoms with Gasteiger partial charge in [0, 0.05) is 12.5 Å². The molecule has 0 amide bonds. The van der Waals surface area contributed by atoms with Crippen LogP contribution in [0.15, 0.2) is 12.7 Å². The highest BCUT2D eigenvalue weighted by Gasteiger charge is 2.76. The van der Waals surface area contributed by atoms with Crippen LogP contribution in [-0.4, -0.2) is 56.1 Å². The maximum Gasteiger partial charge on any atom is 0.344 e. The predicted molar refractivity (Wildman–Crippen MR) is 66.5 cm³/mol. The van der Waals surface area contributed by atoms with Gasteiger partial charge in [0.2, 0.25) is 4.75 Å². The molecule has 0 aromatic rings. The lowest BCUT2D eigenvalue weighted by Crippen LogP contribution is -2.48. The Labute approximate surface area is 125 Å². The van der Waals surface area contributed by atoms with Crippen molar-refractivity contribution >= 4 is 22.1 Å². The summed E-state index contributed by atoms with van der Waals surface area (Å²) < 4.78 is 42.1. The van der Waals surface area contributed by atoms with Crippen LogP contribution in [-0.2, 0) is 38.1 Å². The lowest BCUT2D eigenvalue weighted by atomic mass is 9.85. The van der Waals surface area contributed by atoms with E-state index in [1.54, 1.807) is 6.07 Å². The van der Waals surface area contributed by atoms with Crippen LogP contribution in [0.3, 0.4) is 0 Å². The Kier molecular flexibility index (Phi) is 3.24. The molecule has 0 aromatic carbocycles. The van der Waals surface area contributed by atoms with Gasteiger partial charge in [0.1, 0.15) is 18.3 Å². The van der Waals surface area contributed by atoms with Crippen molar-refractivity contribution in [3.63, 3.8) is 0 Å². The van der Waals surface area contributed by atoms with Crippen LogP contribution in [0.1, 0.15) is 6.42 Å². The van der Waals surface area contributed by atoms with Gasteiger partial charge in [0.25, 0.3) is 10.1 Å². The van der Waals surface area contributed by atoms with Gasteiger partial charge < -0.3 is 14.2 Å². The third-order valence-corrected chi connectivity index (χ3v) is 5.77. The highest BCUT2D eigenvalue weighted by Crippen LogP contribution is 2.54. The Morgan fingerprint density at radius 3 is 2.86 bits per heavy atom. The molecule has 22 heavy (non-hydrogen) atoms. The lowest BCUT2D eigenvalue weighted by Gasteiger charge is -2.24. The average molecular weight is 329 g/mol. The van der Waals surface area contributed by atoms with Crippen molar-refractivity contribution in [1.82, 2.24) is 0 Å². The first-order valence-electron chi connectivity index (χ1n) is 6.33. The maximum atomic E-state index is 12.0. The Hall–Kier alpha value is -1.96. The Bertz CT molecular complexity index is 694. The largest absolute Gasteiger partial charge is 0.454 e. The zero-order chi connectivity index (χ0) is 16.1. The molecule has 10 heteroatoms. The minimum Gasteiger partial charge on any atom is -0.454 e. The van der Waals surface area contributed by atoms with E-state index in [0.717, 1.165) is 6.08 Å². The van der Waals surface area contributed by atoms with E-state index in [0.29, 0.717) is 0 Å². The fraction of sp³-hybridized carbons (Fsp3) is 0.583. The van der Waals surface area contributed by atoms with E-state index >= 15 is 0 Å². The molecular weight excluding hydrogens is 318 g/mol. The summed E-state index contributed by atoms with van der Waals surface area (Å²) in [7, 11) is -4.12. The van der Waals surface area contributed by atoms with Crippen molar-refractivity contribution in [2.24, 2.45) is 0 Å². The lowest BCUT2D eigenvalue weighted by molar-refractivity contribution is -0.164. The molecule has 9 nitrogen and oxygen atoms in total. The van der Waals surface area contributed by atoms with Gasteiger partial charge in [0.15, 0.2) is 12.7 Å². The number of carbonyl (C=O) groups excluding carboxylic acids is 2. The van der Waals surface area contributed by atoms with Gasteiger partial charge in [-0.2, -0.15) is 13.7 Å². The van der Waals surface area contributed by atoms with Gasteiger partial charge in [-0.1, -0.05) is 6.58 Å². The minimum absolute atomic E-state index is 0.128. The van der Waals surface area contributed by atoms with E-state index < -0.39 is 57.8 Å². The standard InChI is InChI=1S/C12H11NO8S/c1-2-7(14)18-4-8(15)20-9-6-3-12(5-13)11(19-6)10(9)21-22(12,16)17/h2,6,9-11H,1,3-4H2. The summed E-state index contributed by atoms with van der Waals surface area (Å²) >= 11 is 0. The smallest absolute Gasteiger partial charge is 0.344 e. The predicted octanol–water partition coefficient (Wildman–Crippen LogP) is -1.21. The number of hydrogen-bond acceptors (Lipinski definition) is 9. The van der Waals surface area contributed by atoms with Gasteiger partial charge >= 0.3 is 11.9 Å². The van der Waals surface area contributed by atoms with Crippen molar-refractivity contribution in [2.75, 3.05) is 6.61 Å². The summed E-state index contributed by atoms with van der Waals surface area (Å²) in [4.78, 5) is 22.5. The Morgan fingerprint density at radius 1 is 1.50 bits per heavy atom. The van der Waals surface area contributed by atoms with Crippen LogP contribution in [0.4, 0.5) is 0 Å². The van der Waals surface area contributed by atoms with Crippen molar-refractivity contribution in [3.05, 3.63) is 12.7 Å². The van der Waals surface area contributed by atoms with Crippen LogP contribution >= 0.6 is 0 Å². The molecule has 0 aromatic heterocycles. The number of carbonyl (C=O) groups is 2. The first-order valence-corrected chi connectivity index (χ1v) is 7.73. The van der Waals surface area contributed by atoms with Gasteiger partial charge in [-0.15, -0.1) is 0 Å². The average Bonchev–Trinajstić information content (AvgIpc) is 3.05. The van der Waals surface area contributed by atoms with E-state index in [9.17, 15) is 23.3 Å². The topological polar surface area (TPSA) is 129 Å². The summed E-state index contributed by atoms with van der Waals surface area (Å²) in [5.41, 5.74) is 0. The maximum absolute atomic E-state index is 12.0. The molecule has 0 aliphatic carbocycles. The number of rotatable bonds is 4. The SMILES string of the molecule is C=CC(=O)OCC(=O)OC1C2CC3(C#N)C(O2)C1OS3(=O)=O. The molecule has 3 heterocycles. The molecule has 118 valence electrons. The molecule has 3 fully saturated rings. The highest BCUT2D eigenvalue weighted by molar-refractivity contribution is 7.88. The third kappa shape index (κ3) is 1.86. The second-order valence-corrected chi connectivity index (χ2v) is 6.91. The van der Waals surface area contributed by atoms with Crippen LogP contribution in [0.2, 0.25) is 0 Å². The first kappa shape index (κ1) is 15.0. The summed E-state index contributed by atoms with van der Waals surface area (Å²) in [5.74, 6) is -1.66. The van der Waals surface area contributed by atoms with Crippen molar-refractivity contribution < 1.29 is 36.4 Å². The number of ether oxygens (including phenoxy) is 3. The normalized spacial score (nSPS) is 40.0. The fourth-order valence-corrected chi connectivity index (χ4v) is 4.58.